The first kappa shape index (κ1) is 21.7. The van der Waals surface area contributed by atoms with E-state index >= 15 is 0 Å². The van der Waals surface area contributed by atoms with Crippen LogP contribution in [0.4, 0.5) is 4.79 Å². The topological polar surface area (TPSA) is 49.9 Å². The Morgan fingerprint density at radius 3 is 2.52 bits per heavy atom. The summed E-state index contributed by atoms with van der Waals surface area (Å²) in [4.78, 5) is 29.6. The maximum Gasteiger partial charge on any atom is 0.410 e. The molecule has 1 aliphatic heterocycles. The maximum atomic E-state index is 12.8. The number of hydrogen-bond donors (Lipinski definition) is 0. The molecule has 31 heavy (non-hydrogen) atoms. The van der Waals surface area contributed by atoms with Gasteiger partial charge in [-0.2, -0.15) is 0 Å². The number of nitrogens with zero attached hydrogens (tertiary/aromatic N) is 2. The summed E-state index contributed by atoms with van der Waals surface area (Å²) in [6, 6.07) is 0. The molecule has 0 radical (unpaired) electrons. The van der Waals surface area contributed by atoms with Crippen molar-refractivity contribution in [3.05, 3.63) is 0 Å². The number of Topliss-reactive ketones (excluding diaryl/α,β-unsaturated/α-hetero) is 1. The van der Waals surface area contributed by atoms with Gasteiger partial charge in [0.2, 0.25) is 0 Å². The monoisotopic (exact) mass is 430 g/mol. The van der Waals surface area contributed by atoms with Crippen molar-refractivity contribution in [3.63, 3.8) is 0 Å². The van der Waals surface area contributed by atoms with Crippen LogP contribution in [0.25, 0.3) is 0 Å². The van der Waals surface area contributed by atoms with Crippen LogP contribution in [0.1, 0.15) is 78.1 Å². The van der Waals surface area contributed by atoms with Gasteiger partial charge in [-0.25, -0.2) is 4.79 Å². The first-order valence-electron chi connectivity index (χ1n) is 13.0. The van der Waals surface area contributed by atoms with Crippen LogP contribution in [0, 0.1) is 34.5 Å². The third-order valence-corrected chi connectivity index (χ3v) is 10.6. The molecule has 0 N–H and O–H groups in total. The zero-order valence-electron chi connectivity index (χ0n) is 19.9. The maximum absolute atomic E-state index is 12.8. The van der Waals surface area contributed by atoms with E-state index < -0.39 is 0 Å². The van der Waals surface area contributed by atoms with E-state index in [1.807, 2.05) is 4.90 Å². The van der Waals surface area contributed by atoms with Crippen molar-refractivity contribution in [1.82, 2.24) is 9.80 Å². The highest BCUT2D eigenvalue weighted by Gasteiger charge is 2.59. The predicted octanol–water partition coefficient (Wildman–Crippen LogP) is 4.74. The summed E-state index contributed by atoms with van der Waals surface area (Å²) in [7, 11) is 2.11. The number of ketones is 1. The number of carbonyl (C=O) groups excluding carboxylic acids is 2. The Morgan fingerprint density at radius 1 is 0.968 bits per heavy atom. The third kappa shape index (κ3) is 3.63. The summed E-state index contributed by atoms with van der Waals surface area (Å²) in [6.45, 7) is 8.27. The second-order valence-corrected chi connectivity index (χ2v) is 12.0. The minimum Gasteiger partial charge on any atom is -0.446 e. The van der Waals surface area contributed by atoms with Crippen molar-refractivity contribution in [1.29, 1.82) is 0 Å². The van der Waals surface area contributed by atoms with E-state index in [1.54, 1.807) is 0 Å². The molecule has 5 rings (SSSR count). The summed E-state index contributed by atoms with van der Waals surface area (Å²) in [5.41, 5.74) is 0.320. The van der Waals surface area contributed by atoms with Crippen molar-refractivity contribution < 1.29 is 14.3 Å². The first-order chi connectivity index (χ1) is 14.8. The molecular formula is C26H42N2O3. The number of amides is 1. The van der Waals surface area contributed by atoms with Gasteiger partial charge in [-0.3, -0.25) is 4.79 Å². The van der Waals surface area contributed by atoms with E-state index in [2.05, 4.69) is 25.8 Å². The van der Waals surface area contributed by atoms with Crippen LogP contribution in [-0.4, -0.2) is 61.0 Å². The molecule has 0 aromatic heterocycles. The van der Waals surface area contributed by atoms with E-state index in [-0.39, 0.29) is 17.6 Å². The van der Waals surface area contributed by atoms with Crippen LogP contribution in [0.15, 0.2) is 0 Å². The van der Waals surface area contributed by atoms with Gasteiger partial charge in [0.15, 0.2) is 0 Å². The molecular weight excluding hydrogens is 388 g/mol. The molecule has 7 unspecified atom stereocenters. The van der Waals surface area contributed by atoms with E-state index in [0.29, 0.717) is 23.0 Å². The van der Waals surface area contributed by atoms with Gasteiger partial charge < -0.3 is 14.5 Å². The molecule has 1 amide bonds. The van der Waals surface area contributed by atoms with Gasteiger partial charge >= 0.3 is 6.09 Å². The normalized spacial score (nSPS) is 46.0. The minimum atomic E-state index is -0.0895. The van der Waals surface area contributed by atoms with Gasteiger partial charge in [-0.05, 0) is 93.9 Å². The largest absolute Gasteiger partial charge is 0.446 e. The van der Waals surface area contributed by atoms with Crippen molar-refractivity contribution >= 4 is 11.9 Å². The Kier molecular flexibility index (Phi) is 5.64. The molecule has 0 aromatic carbocycles. The third-order valence-electron chi connectivity index (χ3n) is 10.6. The Labute approximate surface area is 188 Å². The zero-order chi connectivity index (χ0) is 21.8. The van der Waals surface area contributed by atoms with Crippen molar-refractivity contribution in [2.24, 2.45) is 34.5 Å². The molecule has 5 heteroatoms. The van der Waals surface area contributed by atoms with Crippen molar-refractivity contribution in [3.8, 4) is 0 Å². The quantitative estimate of drug-likeness (QED) is 0.603. The van der Waals surface area contributed by atoms with Gasteiger partial charge in [-0.15, -0.1) is 0 Å². The van der Waals surface area contributed by atoms with Gasteiger partial charge in [0.1, 0.15) is 11.9 Å². The minimum absolute atomic E-state index is 0.0321. The van der Waals surface area contributed by atoms with Crippen LogP contribution in [0.3, 0.4) is 0 Å². The molecule has 0 spiro atoms. The van der Waals surface area contributed by atoms with E-state index in [1.165, 1.54) is 25.7 Å². The van der Waals surface area contributed by atoms with Crippen LogP contribution >= 0.6 is 0 Å². The lowest BCUT2D eigenvalue weighted by molar-refractivity contribution is -0.137. The van der Waals surface area contributed by atoms with Gasteiger partial charge in [0, 0.05) is 38.0 Å². The van der Waals surface area contributed by atoms with Gasteiger partial charge in [0.05, 0.1) is 0 Å². The van der Waals surface area contributed by atoms with Crippen LogP contribution in [0.5, 0.6) is 0 Å². The summed E-state index contributed by atoms with van der Waals surface area (Å²) in [5.74, 6) is 3.30. The lowest BCUT2D eigenvalue weighted by Gasteiger charge is -2.58. The van der Waals surface area contributed by atoms with E-state index in [0.717, 1.165) is 76.5 Å². The molecule has 4 aliphatic carbocycles. The lowest BCUT2D eigenvalue weighted by atomic mass is 9.47. The Balaban J connectivity index is 1.26. The summed E-state index contributed by atoms with van der Waals surface area (Å²) in [5, 5.41) is 0. The highest BCUT2D eigenvalue weighted by Crippen LogP contribution is 2.65. The standard InChI is InChI=1S/C26H42N2O3/c1-25-11-4-5-19(31-24(30)28-15-13-27(3)14-16-28)17-18(25)6-7-20-21-8-9-23(29)26(21,2)12-10-22(20)25/h18-22H,4-17H2,1-3H3. The van der Waals surface area contributed by atoms with Crippen LogP contribution in [-0.2, 0) is 9.53 Å². The zero-order valence-corrected chi connectivity index (χ0v) is 19.9. The number of fused-ring (bicyclic) bond motifs is 5. The highest BCUT2D eigenvalue weighted by atomic mass is 16.6. The molecule has 4 saturated carbocycles. The Hall–Kier alpha value is -1.10. The number of hydrogen-bond acceptors (Lipinski definition) is 4. The number of ether oxygens (including phenoxy) is 1. The highest BCUT2D eigenvalue weighted by molar-refractivity contribution is 5.87. The predicted molar refractivity (Wildman–Crippen MR) is 121 cm³/mol. The summed E-state index contributed by atoms with van der Waals surface area (Å²) < 4.78 is 6.10. The average Bonchev–Trinajstić information content (AvgIpc) is 2.94. The first-order valence-corrected chi connectivity index (χ1v) is 13.0. The fraction of sp³-hybridized carbons (Fsp3) is 0.923. The Morgan fingerprint density at radius 2 is 1.74 bits per heavy atom. The number of rotatable bonds is 1. The fourth-order valence-electron chi connectivity index (χ4n) is 8.54. The molecule has 5 nitrogen and oxygen atoms in total. The number of carbonyl (C=O) groups is 2. The molecule has 7 atom stereocenters. The van der Waals surface area contributed by atoms with Gasteiger partial charge in [0.25, 0.3) is 0 Å². The number of likely N-dealkylation sites (N-methyl/N-ethyl adjacent to an activating group) is 1. The summed E-state index contributed by atoms with van der Waals surface area (Å²) >= 11 is 0. The van der Waals surface area contributed by atoms with E-state index in [9.17, 15) is 9.59 Å². The molecule has 1 heterocycles. The van der Waals surface area contributed by atoms with Gasteiger partial charge in [-0.1, -0.05) is 13.8 Å². The second kappa shape index (κ2) is 8.04. The van der Waals surface area contributed by atoms with Crippen LogP contribution in [0.2, 0.25) is 0 Å². The second-order valence-electron chi connectivity index (χ2n) is 12.0. The lowest BCUT2D eigenvalue weighted by Crippen LogP contribution is -2.52. The smallest absolute Gasteiger partial charge is 0.410 e. The molecule has 1 saturated heterocycles. The molecule has 174 valence electrons. The fourth-order valence-corrected chi connectivity index (χ4v) is 8.54. The summed E-state index contributed by atoms with van der Waals surface area (Å²) in [6.07, 6.45) is 11.3. The van der Waals surface area contributed by atoms with Crippen LogP contribution < -0.4 is 0 Å². The molecule has 5 aliphatic rings. The molecule has 5 fully saturated rings. The SMILES string of the molecule is CN1CCN(C(=O)OC2CCCC3(C)C(CCC4C5CCC(=O)C5(C)CCC43)C2)CC1. The van der Waals surface area contributed by atoms with Crippen molar-refractivity contribution in [2.45, 2.75) is 84.2 Å². The van der Waals surface area contributed by atoms with E-state index in [4.69, 9.17) is 4.74 Å². The molecule has 0 aromatic rings. The average molecular weight is 431 g/mol. The number of piperazine rings is 1. The van der Waals surface area contributed by atoms with Crippen molar-refractivity contribution in [2.75, 3.05) is 33.2 Å². The molecule has 0 bridgehead atoms. The Bertz CT molecular complexity index is 717.